The number of anilines is 1. The fourth-order valence-corrected chi connectivity index (χ4v) is 1.89. The molecule has 2 rings (SSSR count). The molecule has 0 aliphatic heterocycles. The lowest BCUT2D eigenvalue weighted by Crippen LogP contribution is -2.23. The third-order valence-electron chi connectivity index (χ3n) is 2.87. The summed E-state index contributed by atoms with van der Waals surface area (Å²) in [7, 11) is 0. The Balaban J connectivity index is 2.44. The second-order valence-electron chi connectivity index (χ2n) is 4.10. The van der Waals surface area contributed by atoms with Gasteiger partial charge in [-0.3, -0.25) is 4.98 Å². The summed E-state index contributed by atoms with van der Waals surface area (Å²) >= 11 is 0. The van der Waals surface area contributed by atoms with Gasteiger partial charge in [0.05, 0.1) is 0 Å². The van der Waals surface area contributed by atoms with E-state index in [2.05, 4.69) is 33.7 Å². The van der Waals surface area contributed by atoms with Gasteiger partial charge in [0.2, 0.25) is 0 Å². The average molecular weight is 242 g/mol. The van der Waals surface area contributed by atoms with Gasteiger partial charge in [-0.1, -0.05) is 0 Å². The van der Waals surface area contributed by atoms with Gasteiger partial charge >= 0.3 is 0 Å². The van der Waals surface area contributed by atoms with Crippen molar-refractivity contribution in [2.75, 3.05) is 18.0 Å². The number of aryl methyl sites for hydroxylation is 1. The molecule has 4 heteroatoms. The predicted molar refractivity (Wildman–Crippen MR) is 73.6 cm³/mol. The summed E-state index contributed by atoms with van der Waals surface area (Å²) in [5.74, 6) is 1.75. The maximum Gasteiger partial charge on any atom is 0.161 e. The van der Waals surface area contributed by atoms with Crippen LogP contribution in [0, 0.1) is 6.92 Å². The first-order chi connectivity index (χ1) is 8.74. The van der Waals surface area contributed by atoms with E-state index in [1.807, 2.05) is 25.1 Å². The van der Waals surface area contributed by atoms with Crippen molar-refractivity contribution < 1.29 is 0 Å². The van der Waals surface area contributed by atoms with E-state index in [1.54, 1.807) is 12.4 Å². The highest BCUT2D eigenvalue weighted by Crippen LogP contribution is 2.19. The zero-order valence-corrected chi connectivity index (χ0v) is 11.1. The molecule has 18 heavy (non-hydrogen) atoms. The quantitative estimate of drug-likeness (QED) is 0.826. The number of aromatic nitrogens is 3. The second kappa shape index (κ2) is 5.58. The van der Waals surface area contributed by atoms with Crippen LogP contribution in [-0.4, -0.2) is 28.0 Å². The molecule has 2 aromatic rings. The molecule has 0 unspecified atom stereocenters. The first-order valence-electron chi connectivity index (χ1n) is 6.25. The Kier molecular flexibility index (Phi) is 3.87. The molecule has 0 atom stereocenters. The van der Waals surface area contributed by atoms with E-state index in [1.165, 1.54) is 0 Å². The Morgan fingerprint density at radius 2 is 1.72 bits per heavy atom. The third-order valence-corrected chi connectivity index (χ3v) is 2.87. The van der Waals surface area contributed by atoms with Gasteiger partial charge in [0.15, 0.2) is 5.82 Å². The highest BCUT2D eigenvalue weighted by Gasteiger charge is 2.08. The van der Waals surface area contributed by atoms with Gasteiger partial charge in [-0.05, 0) is 32.9 Å². The highest BCUT2D eigenvalue weighted by atomic mass is 15.2. The molecule has 94 valence electrons. The summed E-state index contributed by atoms with van der Waals surface area (Å²) < 4.78 is 0. The summed E-state index contributed by atoms with van der Waals surface area (Å²) in [6.07, 6.45) is 3.52. The maximum absolute atomic E-state index is 4.63. The van der Waals surface area contributed by atoms with E-state index in [9.17, 15) is 0 Å². The van der Waals surface area contributed by atoms with Gasteiger partial charge in [0.1, 0.15) is 5.82 Å². The minimum absolute atomic E-state index is 0.763. The Morgan fingerprint density at radius 1 is 1.06 bits per heavy atom. The predicted octanol–water partition coefficient (Wildman–Crippen LogP) is 2.69. The SMILES string of the molecule is CCN(CC)c1cc(C)nc(-c2ccncc2)n1. The Hall–Kier alpha value is -1.97. The molecular formula is C14H18N4. The molecule has 0 saturated heterocycles. The van der Waals surface area contributed by atoms with E-state index in [-0.39, 0.29) is 0 Å². The number of hydrogen-bond acceptors (Lipinski definition) is 4. The summed E-state index contributed by atoms with van der Waals surface area (Å²) in [6.45, 7) is 8.16. The van der Waals surface area contributed by atoms with Crippen molar-refractivity contribution >= 4 is 5.82 Å². The van der Waals surface area contributed by atoms with Crippen LogP contribution in [0.2, 0.25) is 0 Å². The zero-order valence-electron chi connectivity index (χ0n) is 11.1. The molecule has 0 amide bonds. The Bertz CT molecular complexity index is 506. The van der Waals surface area contributed by atoms with E-state index in [4.69, 9.17) is 0 Å². The lowest BCUT2D eigenvalue weighted by atomic mass is 10.2. The van der Waals surface area contributed by atoms with Gasteiger partial charge in [-0.25, -0.2) is 9.97 Å². The molecule has 0 aromatic carbocycles. The standard InChI is InChI=1S/C14H18N4/c1-4-18(5-2)13-10-11(3)16-14(17-13)12-6-8-15-9-7-12/h6-10H,4-5H2,1-3H3. The summed E-state index contributed by atoms with van der Waals surface area (Å²) in [5, 5.41) is 0. The fraction of sp³-hybridized carbons (Fsp3) is 0.357. The van der Waals surface area contributed by atoms with Crippen molar-refractivity contribution in [3.8, 4) is 11.4 Å². The van der Waals surface area contributed by atoms with E-state index < -0.39 is 0 Å². The van der Waals surface area contributed by atoms with Gasteiger partial charge in [-0.15, -0.1) is 0 Å². The van der Waals surface area contributed by atoms with Crippen LogP contribution in [-0.2, 0) is 0 Å². The van der Waals surface area contributed by atoms with E-state index in [0.717, 1.165) is 36.0 Å². The molecule has 0 radical (unpaired) electrons. The van der Waals surface area contributed by atoms with Crippen LogP contribution in [0.5, 0.6) is 0 Å². The van der Waals surface area contributed by atoms with Crippen molar-refractivity contribution in [2.45, 2.75) is 20.8 Å². The molecule has 2 aromatic heterocycles. The van der Waals surface area contributed by atoms with Crippen LogP contribution in [0.15, 0.2) is 30.6 Å². The minimum atomic E-state index is 0.763. The summed E-state index contributed by atoms with van der Waals surface area (Å²) in [6, 6.07) is 5.89. The van der Waals surface area contributed by atoms with Crippen molar-refractivity contribution in [3.05, 3.63) is 36.3 Å². The summed E-state index contributed by atoms with van der Waals surface area (Å²) in [4.78, 5) is 15.4. The Labute approximate surface area is 108 Å². The minimum Gasteiger partial charge on any atom is -0.357 e. The second-order valence-corrected chi connectivity index (χ2v) is 4.10. The number of hydrogen-bond donors (Lipinski definition) is 0. The lowest BCUT2D eigenvalue weighted by Gasteiger charge is -2.20. The molecule has 0 aliphatic carbocycles. The molecule has 2 heterocycles. The molecule has 0 fully saturated rings. The fourth-order valence-electron chi connectivity index (χ4n) is 1.89. The van der Waals surface area contributed by atoms with Crippen molar-refractivity contribution in [1.82, 2.24) is 15.0 Å². The van der Waals surface area contributed by atoms with Crippen molar-refractivity contribution in [1.29, 1.82) is 0 Å². The van der Waals surface area contributed by atoms with Crippen LogP contribution in [0.1, 0.15) is 19.5 Å². The molecule has 0 spiro atoms. The highest BCUT2D eigenvalue weighted by molar-refractivity contribution is 5.57. The van der Waals surface area contributed by atoms with Crippen LogP contribution < -0.4 is 4.90 Å². The van der Waals surface area contributed by atoms with Gasteiger partial charge in [-0.2, -0.15) is 0 Å². The normalized spacial score (nSPS) is 10.4. The summed E-state index contributed by atoms with van der Waals surface area (Å²) in [5.41, 5.74) is 1.99. The molecule has 4 nitrogen and oxygen atoms in total. The number of nitrogens with zero attached hydrogens (tertiary/aromatic N) is 4. The smallest absolute Gasteiger partial charge is 0.161 e. The van der Waals surface area contributed by atoms with Gasteiger partial charge < -0.3 is 4.90 Å². The van der Waals surface area contributed by atoms with Crippen LogP contribution >= 0.6 is 0 Å². The van der Waals surface area contributed by atoms with Crippen LogP contribution in [0.3, 0.4) is 0 Å². The zero-order chi connectivity index (χ0) is 13.0. The monoisotopic (exact) mass is 242 g/mol. The molecule has 0 aliphatic rings. The van der Waals surface area contributed by atoms with E-state index >= 15 is 0 Å². The molecular weight excluding hydrogens is 224 g/mol. The molecule has 0 bridgehead atoms. The van der Waals surface area contributed by atoms with Crippen molar-refractivity contribution in [2.24, 2.45) is 0 Å². The number of pyridine rings is 1. The van der Waals surface area contributed by atoms with Gasteiger partial charge in [0, 0.05) is 42.8 Å². The largest absolute Gasteiger partial charge is 0.357 e. The van der Waals surface area contributed by atoms with Gasteiger partial charge in [0.25, 0.3) is 0 Å². The molecule has 0 saturated carbocycles. The maximum atomic E-state index is 4.63. The van der Waals surface area contributed by atoms with Crippen LogP contribution in [0.25, 0.3) is 11.4 Å². The lowest BCUT2D eigenvalue weighted by molar-refractivity contribution is 0.840. The number of rotatable bonds is 4. The first kappa shape index (κ1) is 12.5. The first-order valence-corrected chi connectivity index (χ1v) is 6.25. The average Bonchev–Trinajstić information content (AvgIpc) is 2.40. The molecule has 0 N–H and O–H groups in total. The van der Waals surface area contributed by atoms with Crippen LogP contribution in [0.4, 0.5) is 5.82 Å². The topological polar surface area (TPSA) is 41.9 Å². The van der Waals surface area contributed by atoms with E-state index in [0.29, 0.717) is 0 Å². The Morgan fingerprint density at radius 3 is 2.33 bits per heavy atom. The third kappa shape index (κ3) is 2.64. The van der Waals surface area contributed by atoms with Crippen molar-refractivity contribution in [3.63, 3.8) is 0 Å².